The number of alkyl halides is 3. The van der Waals surface area contributed by atoms with E-state index in [-0.39, 0.29) is 18.0 Å². The summed E-state index contributed by atoms with van der Waals surface area (Å²) < 4.78 is 63.8. The van der Waals surface area contributed by atoms with Crippen LogP contribution in [0, 0.1) is 11.3 Å². The molecule has 3 atom stereocenters. The lowest BCUT2D eigenvalue weighted by Gasteiger charge is -2.39. The number of carbonyl (C=O) groups is 4. The van der Waals surface area contributed by atoms with Gasteiger partial charge in [-0.25, -0.2) is 13.9 Å². The van der Waals surface area contributed by atoms with Crippen LogP contribution in [-0.2, 0) is 49.8 Å². The number of esters is 2. The lowest BCUT2D eigenvalue weighted by molar-refractivity contribution is -0.203. The van der Waals surface area contributed by atoms with E-state index in [1.165, 1.54) is 27.2 Å². The van der Waals surface area contributed by atoms with Crippen molar-refractivity contribution in [3.63, 3.8) is 0 Å². The van der Waals surface area contributed by atoms with Gasteiger partial charge in [-0.3, -0.25) is 14.4 Å². The van der Waals surface area contributed by atoms with Crippen molar-refractivity contribution in [1.29, 1.82) is 0 Å². The standard InChI is InChI=1S/C15H20O4S.C14H18O5S.C5H7F3O2/c1-10-13(16)9-14(2,3)15(10,17)11-5-7-12(8-6-11)19-20(4)18;1-5-12(15)18-14(2,3)13(16)10-6-8-11(9-7-10)20-19-17-4;1-3(2)10-4(9)5(6,7)8/h5-8,10,17H,9H2,1-4H3;6-9H,5H2,1-4H3;3H,1-2H3. The zero-order chi connectivity index (χ0) is 38.7. The van der Waals surface area contributed by atoms with Crippen LogP contribution in [-0.4, -0.2) is 64.1 Å². The summed E-state index contributed by atoms with van der Waals surface area (Å²) in [4.78, 5) is 50.8. The molecule has 2 aromatic carbocycles. The maximum absolute atomic E-state index is 12.3. The lowest BCUT2D eigenvalue weighted by Crippen LogP contribution is -2.41. The SMILES string of the molecule is CC(C)OC(=O)C(F)(F)F.CC1C(=O)CC(C)(C)C1(O)c1ccc(OS(C)=O)cc1.CCC(=O)OC(C)(C)C(=O)c1ccc(SOOC)cc1. The summed E-state index contributed by atoms with van der Waals surface area (Å²) in [5, 5.41) is 11.1. The quantitative estimate of drug-likeness (QED) is 0.0839. The second-order valence-electron chi connectivity index (χ2n) is 12.5. The van der Waals surface area contributed by atoms with Gasteiger partial charge in [0.1, 0.15) is 17.1 Å². The summed E-state index contributed by atoms with van der Waals surface area (Å²) in [5.74, 6) is -2.67. The highest BCUT2D eigenvalue weighted by atomic mass is 32.2. The maximum Gasteiger partial charge on any atom is 0.490 e. The van der Waals surface area contributed by atoms with Crippen LogP contribution in [0.3, 0.4) is 0 Å². The molecule has 0 amide bonds. The first-order chi connectivity index (χ1) is 22.9. The van der Waals surface area contributed by atoms with Gasteiger partial charge in [0.15, 0.2) is 5.60 Å². The average Bonchev–Trinajstić information content (AvgIpc) is 3.18. The van der Waals surface area contributed by atoms with Crippen LogP contribution in [0.4, 0.5) is 13.2 Å². The van der Waals surface area contributed by atoms with Crippen LogP contribution >= 0.6 is 12.0 Å². The fourth-order valence-corrected chi connectivity index (χ4v) is 5.63. The topological polar surface area (TPSA) is 152 Å². The summed E-state index contributed by atoms with van der Waals surface area (Å²) in [5.41, 5.74) is -1.71. The fraction of sp³-hybridized carbons (Fsp3) is 0.529. The molecule has 0 saturated heterocycles. The van der Waals surface area contributed by atoms with Crippen molar-refractivity contribution in [3.05, 3.63) is 59.7 Å². The van der Waals surface area contributed by atoms with Crippen molar-refractivity contribution in [3.8, 4) is 5.75 Å². The minimum atomic E-state index is -4.87. The highest BCUT2D eigenvalue weighted by molar-refractivity contribution is 7.94. The molecule has 3 unspecified atom stereocenters. The predicted molar refractivity (Wildman–Crippen MR) is 180 cm³/mol. The van der Waals surface area contributed by atoms with Crippen molar-refractivity contribution in [1.82, 2.24) is 0 Å². The average molecular weight is 751 g/mol. The molecule has 3 rings (SSSR count). The first kappa shape index (κ1) is 44.7. The number of halogens is 3. The molecule has 0 radical (unpaired) electrons. The van der Waals surface area contributed by atoms with Crippen molar-refractivity contribution >= 4 is 46.6 Å². The van der Waals surface area contributed by atoms with Gasteiger partial charge in [-0.1, -0.05) is 52.0 Å². The van der Waals surface area contributed by atoms with Gasteiger partial charge in [0.25, 0.3) is 0 Å². The van der Waals surface area contributed by atoms with E-state index < -0.39 is 57.8 Å². The van der Waals surface area contributed by atoms with Crippen LogP contribution in [0.15, 0.2) is 53.4 Å². The first-order valence-electron chi connectivity index (χ1n) is 15.3. The van der Waals surface area contributed by atoms with Gasteiger partial charge in [-0.15, -0.1) is 0 Å². The van der Waals surface area contributed by atoms with Gasteiger partial charge in [0, 0.05) is 40.9 Å². The highest BCUT2D eigenvalue weighted by Crippen LogP contribution is 2.53. The van der Waals surface area contributed by atoms with E-state index in [0.29, 0.717) is 23.3 Å². The zero-order valence-corrected chi connectivity index (χ0v) is 31.3. The third-order valence-electron chi connectivity index (χ3n) is 7.36. The third kappa shape index (κ3) is 12.8. The van der Waals surface area contributed by atoms with Crippen LogP contribution in [0.2, 0.25) is 0 Å². The van der Waals surface area contributed by atoms with Gasteiger partial charge < -0.3 is 18.8 Å². The lowest BCUT2D eigenvalue weighted by atomic mass is 9.70. The second kappa shape index (κ2) is 18.8. The Labute approximate surface area is 297 Å². The number of hydrogen-bond acceptors (Lipinski definition) is 12. The largest absolute Gasteiger partial charge is 0.490 e. The van der Waals surface area contributed by atoms with E-state index >= 15 is 0 Å². The molecule has 0 aliphatic heterocycles. The fourth-order valence-electron chi connectivity index (χ4n) is 4.85. The molecule has 11 nitrogen and oxygen atoms in total. The predicted octanol–water partition coefficient (Wildman–Crippen LogP) is 6.87. The molecule has 0 heterocycles. The number of hydrogen-bond donors (Lipinski definition) is 1. The van der Waals surface area contributed by atoms with E-state index in [9.17, 15) is 41.7 Å². The minimum Gasteiger partial charge on any atom is -0.456 e. The van der Waals surface area contributed by atoms with E-state index in [2.05, 4.69) is 9.62 Å². The number of aliphatic hydroxyl groups is 1. The van der Waals surface area contributed by atoms with E-state index in [4.69, 9.17) is 13.3 Å². The first-order valence-corrected chi connectivity index (χ1v) is 17.5. The van der Waals surface area contributed by atoms with Crippen molar-refractivity contribution in [2.45, 2.75) is 96.6 Å². The number of rotatable bonds is 11. The van der Waals surface area contributed by atoms with Crippen LogP contribution in [0.1, 0.15) is 84.2 Å². The molecule has 1 aliphatic carbocycles. The Hall–Kier alpha value is -3.31. The molecule has 50 heavy (non-hydrogen) atoms. The minimum absolute atomic E-state index is 0.0764. The Morgan fingerprint density at radius 1 is 1.04 bits per heavy atom. The van der Waals surface area contributed by atoms with E-state index in [1.807, 2.05) is 13.8 Å². The monoisotopic (exact) mass is 750 g/mol. The molecule has 1 fully saturated rings. The number of ether oxygens (including phenoxy) is 2. The summed E-state index contributed by atoms with van der Waals surface area (Å²) in [7, 11) is 1.41. The van der Waals surface area contributed by atoms with Crippen molar-refractivity contribution in [2.24, 2.45) is 11.3 Å². The molecule has 1 N–H and O–H groups in total. The Kier molecular flexibility index (Phi) is 16.8. The molecule has 1 saturated carbocycles. The molecule has 0 bridgehead atoms. The Balaban J connectivity index is 0.000000398. The maximum atomic E-state index is 12.3. The van der Waals surface area contributed by atoms with Gasteiger partial charge >= 0.3 is 18.1 Å². The van der Waals surface area contributed by atoms with Crippen LogP contribution in [0.5, 0.6) is 5.75 Å². The zero-order valence-electron chi connectivity index (χ0n) is 29.7. The Morgan fingerprint density at radius 3 is 1.96 bits per heavy atom. The summed E-state index contributed by atoms with van der Waals surface area (Å²) in [6.07, 6.45) is -3.55. The van der Waals surface area contributed by atoms with Crippen LogP contribution in [0.25, 0.3) is 0 Å². The molecular weight excluding hydrogens is 705 g/mol. The van der Waals surface area contributed by atoms with Gasteiger partial charge in [-0.05, 0) is 57.5 Å². The molecule has 0 spiro atoms. The normalized spacial score (nSPS) is 18.9. The number of Topliss-reactive ketones (excluding diaryl/α,β-unsaturated/α-hetero) is 2. The van der Waals surface area contributed by atoms with Gasteiger partial charge in [0.2, 0.25) is 16.9 Å². The molecule has 1 aliphatic rings. The van der Waals surface area contributed by atoms with Crippen molar-refractivity contribution in [2.75, 3.05) is 13.4 Å². The Morgan fingerprint density at radius 2 is 1.58 bits per heavy atom. The van der Waals surface area contributed by atoms with E-state index in [1.54, 1.807) is 76.2 Å². The molecule has 280 valence electrons. The Bertz CT molecular complexity index is 1470. The second-order valence-corrected chi connectivity index (χ2v) is 14.2. The van der Waals surface area contributed by atoms with Crippen LogP contribution < -0.4 is 4.18 Å². The smallest absolute Gasteiger partial charge is 0.456 e. The molecule has 0 aromatic heterocycles. The number of ketones is 2. The van der Waals surface area contributed by atoms with Gasteiger partial charge in [0.05, 0.1) is 25.3 Å². The number of carbonyl (C=O) groups excluding carboxylic acids is 4. The van der Waals surface area contributed by atoms with Gasteiger partial charge in [-0.2, -0.15) is 17.5 Å². The molecule has 2 aromatic rings. The highest BCUT2D eigenvalue weighted by Gasteiger charge is 2.57. The summed E-state index contributed by atoms with van der Waals surface area (Å²) in [6.45, 7) is 13.1. The third-order valence-corrected chi connectivity index (χ3v) is 8.45. The van der Waals surface area contributed by atoms with Crippen molar-refractivity contribution < 1.29 is 64.5 Å². The van der Waals surface area contributed by atoms with E-state index in [0.717, 1.165) is 16.9 Å². The molecule has 16 heteroatoms. The summed E-state index contributed by atoms with van der Waals surface area (Å²) in [6, 6.07) is 13.6. The number of benzene rings is 2. The molecular formula is C34H45F3O11S2. The summed E-state index contributed by atoms with van der Waals surface area (Å²) >= 11 is -0.336.